The maximum atomic E-state index is 10.9. The van der Waals surface area contributed by atoms with Crippen LogP contribution in [0.15, 0.2) is 6.07 Å². The van der Waals surface area contributed by atoms with Crippen molar-refractivity contribution < 1.29 is 9.53 Å². The first-order valence-electron chi connectivity index (χ1n) is 5.96. The van der Waals surface area contributed by atoms with Gasteiger partial charge in [0.05, 0.1) is 7.11 Å². The molecule has 0 aliphatic rings. The van der Waals surface area contributed by atoms with Gasteiger partial charge in [0.25, 0.3) is 0 Å². The lowest BCUT2D eigenvalue weighted by atomic mass is 10.2. The minimum Gasteiger partial charge on any atom is -0.453 e. The zero-order valence-corrected chi connectivity index (χ0v) is 11.3. The van der Waals surface area contributed by atoms with Crippen LogP contribution < -0.4 is 5.32 Å². The van der Waals surface area contributed by atoms with Crippen molar-refractivity contribution in [3.63, 3.8) is 0 Å². The summed E-state index contributed by atoms with van der Waals surface area (Å²) in [6.07, 6.45) is 0.462. The number of aromatic nitrogens is 1. The van der Waals surface area contributed by atoms with Gasteiger partial charge in [-0.3, -0.25) is 0 Å². The maximum absolute atomic E-state index is 10.9. The van der Waals surface area contributed by atoms with E-state index in [1.807, 2.05) is 0 Å². The van der Waals surface area contributed by atoms with E-state index in [0.717, 1.165) is 6.42 Å². The molecule has 0 unspecified atom stereocenters. The molecule has 4 heteroatoms. The highest BCUT2D eigenvalue weighted by molar-refractivity contribution is 5.66. The number of carbonyl (C=O) groups excluding carboxylic acids is 1. The molecule has 0 bridgehead atoms. The van der Waals surface area contributed by atoms with E-state index in [1.54, 1.807) is 0 Å². The monoisotopic (exact) mass is 238 g/mol. The van der Waals surface area contributed by atoms with Gasteiger partial charge in [0.1, 0.15) is 0 Å². The first-order valence-corrected chi connectivity index (χ1v) is 5.96. The lowest BCUT2D eigenvalue weighted by molar-refractivity contribution is 0.171. The second kappa shape index (κ2) is 5.75. The minimum absolute atomic E-state index is 0.373. The van der Waals surface area contributed by atoms with Crippen LogP contribution in [0.25, 0.3) is 0 Å². The highest BCUT2D eigenvalue weighted by Gasteiger charge is 2.11. The molecule has 1 heterocycles. The number of rotatable bonds is 4. The molecule has 1 rings (SSSR count). The summed E-state index contributed by atoms with van der Waals surface area (Å²) < 4.78 is 6.84. The van der Waals surface area contributed by atoms with E-state index in [4.69, 9.17) is 0 Å². The Kier molecular flexibility index (Phi) is 4.61. The number of methoxy groups -OCH3 is 1. The standard InChI is InChI=1S/C13H22N2O2/c1-9(2)15-10(3)8-12(11(15)4)6-7-14-13(16)17-5/h8-9H,6-7H2,1-5H3,(H,14,16). The van der Waals surface area contributed by atoms with Gasteiger partial charge in [-0.2, -0.15) is 0 Å². The molecule has 1 amide bonds. The molecular formula is C13H22N2O2. The van der Waals surface area contributed by atoms with Crippen molar-refractivity contribution >= 4 is 6.09 Å². The third kappa shape index (κ3) is 3.25. The van der Waals surface area contributed by atoms with Gasteiger partial charge in [-0.15, -0.1) is 0 Å². The van der Waals surface area contributed by atoms with Crippen LogP contribution in [0.4, 0.5) is 4.79 Å². The second-order valence-corrected chi connectivity index (χ2v) is 4.53. The molecule has 96 valence electrons. The highest BCUT2D eigenvalue weighted by Crippen LogP contribution is 2.20. The molecule has 0 atom stereocenters. The molecule has 0 aliphatic carbocycles. The lowest BCUT2D eigenvalue weighted by Crippen LogP contribution is -2.25. The number of nitrogens with one attached hydrogen (secondary N) is 1. The van der Waals surface area contributed by atoms with E-state index in [1.165, 1.54) is 24.1 Å². The van der Waals surface area contributed by atoms with Crippen molar-refractivity contribution in [2.24, 2.45) is 0 Å². The fourth-order valence-electron chi connectivity index (χ4n) is 2.26. The summed E-state index contributed by atoms with van der Waals surface area (Å²) in [6.45, 7) is 9.20. The van der Waals surface area contributed by atoms with E-state index < -0.39 is 0 Å². The Morgan fingerprint density at radius 1 is 1.47 bits per heavy atom. The number of nitrogens with zero attached hydrogens (tertiary/aromatic N) is 1. The largest absolute Gasteiger partial charge is 0.453 e. The number of alkyl carbamates (subject to hydrolysis) is 1. The van der Waals surface area contributed by atoms with Crippen molar-refractivity contribution in [2.75, 3.05) is 13.7 Å². The second-order valence-electron chi connectivity index (χ2n) is 4.53. The van der Waals surface area contributed by atoms with Crippen LogP contribution in [0.1, 0.15) is 36.8 Å². The first-order chi connectivity index (χ1) is 7.97. The third-order valence-electron chi connectivity index (χ3n) is 2.95. The summed E-state index contributed by atoms with van der Waals surface area (Å²) >= 11 is 0. The van der Waals surface area contributed by atoms with Crippen molar-refractivity contribution in [1.82, 2.24) is 9.88 Å². The van der Waals surface area contributed by atoms with Crippen molar-refractivity contribution in [3.8, 4) is 0 Å². The van der Waals surface area contributed by atoms with E-state index in [-0.39, 0.29) is 6.09 Å². The minimum atomic E-state index is -0.373. The molecule has 0 saturated carbocycles. The van der Waals surface area contributed by atoms with E-state index in [9.17, 15) is 4.79 Å². The van der Waals surface area contributed by atoms with E-state index >= 15 is 0 Å². The number of hydrogen-bond acceptors (Lipinski definition) is 2. The number of ether oxygens (including phenoxy) is 1. The topological polar surface area (TPSA) is 43.3 Å². The number of aryl methyl sites for hydroxylation is 1. The van der Waals surface area contributed by atoms with Crippen LogP contribution in [0.2, 0.25) is 0 Å². The quantitative estimate of drug-likeness (QED) is 0.876. The summed E-state index contributed by atoms with van der Waals surface area (Å²) in [5.41, 5.74) is 3.84. The average Bonchev–Trinajstić information content (AvgIpc) is 2.53. The SMILES string of the molecule is COC(=O)NCCc1cc(C)n(C(C)C)c1C. The van der Waals surface area contributed by atoms with Crippen LogP contribution in [-0.2, 0) is 11.2 Å². The Hall–Kier alpha value is -1.45. The van der Waals surface area contributed by atoms with Crippen LogP contribution in [0.5, 0.6) is 0 Å². The summed E-state index contributed by atoms with van der Waals surface area (Å²) in [6, 6.07) is 2.66. The Morgan fingerprint density at radius 3 is 2.59 bits per heavy atom. The van der Waals surface area contributed by atoms with Crippen LogP contribution in [0, 0.1) is 13.8 Å². The summed E-state index contributed by atoms with van der Waals surface area (Å²) in [5.74, 6) is 0. The number of amides is 1. The van der Waals surface area contributed by atoms with Gasteiger partial charge < -0.3 is 14.6 Å². The Labute approximate surface area is 103 Å². The Balaban J connectivity index is 2.67. The third-order valence-corrected chi connectivity index (χ3v) is 2.95. The van der Waals surface area contributed by atoms with Gasteiger partial charge in [0.15, 0.2) is 0 Å². The van der Waals surface area contributed by atoms with Gasteiger partial charge in [-0.25, -0.2) is 4.79 Å². The van der Waals surface area contributed by atoms with Crippen molar-refractivity contribution in [3.05, 3.63) is 23.0 Å². The molecule has 1 N–H and O–H groups in total. The summed E-state index contributed by atoms with van der Waals surface area (Å²) in [5, 5.41) is 2.70. The zero-order chi connectivity index (χ0) is 13.0. The average molecular weight is 238 g/mol. The first kappa shape index (κ1) is 13.6. The van der Waals surface area contributed by atoms with Gasteiger partial charge in [0.2, 0.25) is 0 Å². The van der Waals surface area contributed by atoms with Crippen LogP contribution in [0.3, 0.4) is 0 Å². The molecule has 0 fully saturated rings. The van der Waals surface area contributed by atoms with E-state index in [2.05, 4.69) is 48.4 Å². The molecule has 0 radical (unpaired) electrons. The van der Waals surface area contributed by atoms with Gasteiger partial charge in [-0.1, -0.05) is 0 Å². The predicted octanol–water partition coefficient (Wildman–Crippen LogP) is 2.58. The van der Waals surface area contributed by atoms with Crippen LogP contribution >= 0.6 is 0 Å². The normalized spacial score (nSPS) is 10.7. The molecule has 0 aliphatic heterocycles. The molecular weight excluding hydrogens is 216 g/mol. The van der Waals surface area contributed by atoms with Gasteiger partial charge in [-0.05, 0) is 45.7 Å². The molecule has 17 heavy (non-hydrogen) atoms. The van der Waals surface area contributed by atoms with Gasteiger partial charge in [0, 0.05) is 24.0 Å². The fraction of sp³-hybridized carbons (Fsp3) is 0.615. The van der Waals surface area contributed by atoms with Crippen molar-refractivity contribution in [1.29, 1.82) is 0 Å². The Bertz CT molecular complexity index is 394. The maximum Gasteiger partial charge on any atom is 0.406 e. The zero-order valence-electron chi connectivity index (χ0n) is 11.3. The highest BCUT2D eigenvalue weighted by atomic mass is 16.5. The molecule has 1 aromatic rings. The number of carbonyl (C=O) groups is 1. The summed E-state index contributed by atoms with van der Waals surface area (Å²) in [7, 11) is 1.37. The fourth-order valence-corrected chi connectivity index (χ4v) is 2.26. The van der Waals surface area contributed by atoms with Crippen LogP contribution in [-0.4, -0.2) is 24.3 Å². The molecule has 0 saturated heterocycles. The smallest absolute Gasteiger partial charge is 0.406 e. The number of hydrogen-bond donors (Lipinski definition) is 1. The summed E-state index contributed by atoms with van der Waals surface area (Å²) in [4.78, 5) is 10.9. The molecule has 0 aromatic carbocycles. The lowest BCUT2D eigenvalue weighted by Gasteiger charge is -2.13. The predicted molar refractivity (Wildman–Crippen MR) is 68.4 cm³/mol. The van der Waals surface area contributed by atoms with E-state index in [0.29, 0.717) is 12.6 Å². The molecule has 4 nitrogen and oxygen atoms in total. The van der Waals surface area contributed by atoms with Crippen molar-refractivity contribution in [2.45, 2.75) is 40.2 Å². The molecule has 1 aromatic heterocycles. The van der Waals surface area contributed by atoms with Gasteiger partial charge >= 0.3 is 6.09 Å². The molecule has 0 spiro atoms. The Morgan fingerprint density at radius 2 is 2.12 bits per heavy atom.